The second-order valence-electron chi connectivity index (χ2n) is 3.15. The van der Waals surface area contributed by atoms with Gasteiger partial charge in [0.1, 0.15) is 18.0 Å². The predicted octanol–water partition coefficient (Wildman–Crippen LogP) is 2.59. The molecule has 0 aliphatic carbocycles. The molecule has 1 heterocycles. The van der Waals surface area contributed by atoms with Crippen LogP contribution in [0.3, 0.4) is 0 Å². The van der Waals surface area contributed by atoms with Gasteiger partial charge < -0.3 is 9.15 Å². The molecule has 4 heteroatoms. The summed E-state index contributed by atoms with van der Waals surface area (Å²) >= 11 is 5.79. The van der Waals surface area contributed by atoms with Crippen LogP contribution < -0.4 is 5.43 Å². The van der Waals surface area contributed by atoms with Gasteiger partial charge in [-0.25, -0.2) is 0 Å². The van der Waals surface area contributed by atoms with Crippen LogP contribution >= 0.6 is 11.6 Å². The molecule has 2 aromatic rings. The van der Waals surface area contributed by atoms with Crippen molar-refractivity contribution in [2.24, 2.45) is 0 Å². The monoisotopic (exact) mass is 224 g/mol. The normalized spacial score (nSPS) is 10.8. The molecule has 0 unspecified atom stereocenters. The van der Waals surface area contributed by atoms with Gasteiger partial charge in [-0.1, -0.05) is 11.6 Å². The highest BCUT2D eigenvalue weighted by atomic mass is 35.5. The van der Waals surface area contributed by atoms with Crippen LogP contribution in [0.1, 0.15) is 5.76 Å². The van der Waals surface area contributed by atoms with Crippen molar-refractivity contribution in [1.29, 1.82) is 0 Å². The number of hydrogen-bond acceptors (Lipinski definition) is 3. The third-order valence-corrected chi connectivity index (χ3v) is 2.26. The molecule has 0 N–H and O–H groups in total. The molecule has 0 amide bonds. The molecule has 2 rings (SSSR count). The van der Waals surface area contributed by atoms with Gasteiger partial charge in [0, 0.05) is 18.2 Å². The van der Waals surface area contributed by atoms with E-state index in [2.05, 4.69) is 0 Å². The lowest BCUT2D eigenvalue weighted by Gasteiger charge is -2.01. The standard InChI is InChI=1S/C11H9ClO3/c1-14-6-8-5-10(13)9-4-7(12)2-3-11(9)15-8/h2-5H,6H2,1H3. The van der Waals surface area contributed by atoms with Gasteiger partial charge in [-0.15, -0.1) is 0 Å². The number of halogens is 1. The zero-order chi connectivity index (χ0) is 10.8. The first-order valence-corrected chi connectivity index (χ1v) is 4.80. The Morgan fingerprint density at radius 1 is 1.40 bits per heavy atom. The highest BCUT2D eigenvalue weighted by Gasteiger charge is 2.04. The van der Waals surface area contributed by atoms with Gasteiger partial charge in [-0.2, -0.15) is 0 Å². The van der Waals surface area contributed by atoms with Crippen LogP contribution in [0.5, 0.6) is 0 Å². The van der Waals surface area contributed by atoms with Crippen molar-refractivity contribution in [3.63, 3.8) is 0 Å². The Kier molecular flexibility index (Phi) is 2.75. The Labute approximate surface area is 91.2 Å². The fourth-order valence-corrected chi connectivity index (χ4v) is 1.56. The average Bonchev–Trinajstić information content (AvgIpc) is 2.20. The lowest BCUT2D eigenvalue weighted by molar-refractivity contribution is 0.165. The van der Waals surface area contributed by atoms with Crippen LogP contribution in [-0.2, 0) is 11.3 Å². The number of rotatable bonds is 2. The molecule has 0 saturated carbocycles. The maximum atomic E-state index is 11.7. The fraction of sp³-hybridized carbons (Fsp3) is 0.182. The molecule has 0 fully saturated rings. The van der Waals surface area contributed by atoms with Crippen LogP contribution in [-0.4, -0.2) is 7.11 Å². The smallest absolute Gasteiger partial charge is 0.193 e. The van der Waals surface area contributed by atoms with E-state index in [1.54, 1.807) is 25.3 Å². The Bertz CT molecular complexity index is 545. The van der Waals surface area contributed by atoms with Crippen molar-refractivity contribution in [1.82, 2.24) is 0 Å². The summed E-state index contributed by atoms with van der Waals surface area (Å²) in [6.07, 6.45) is 0. The molecule has 0 saturated heterocycles. The predicted molar refractivity (Wildman–Crippen MR) is 58.2 cm³/mol. The number of methoxy groups -OCH3 is 1. The molecule has 78 valence electrons. The molecule has 1 aromatic carbocycles. The van der Waals surface area contributed by atoms with Crippen molar-refractivity contribution in [2.45, 2.75) is 6.61 Å². The van der Waals surface area contributed by atoms with E-state index in [4.69, 9.17) is 20.8 Å². The number of hydrogen-bond donors (Lipinski definition) is 0. The van der Waals surface area contributed by atoms with E-state index in [9.17, 15) is 4.79 Å². The van der Waals surface area contributed by atoms with Crippen molar-refractivity contribution in [2.75, 3.05) is 7.11 Å². The fourth-order valence-electron chi connectivity index (χ4n) is 1.39. The lowest BCUT2D eigenvalue weighted by Crippen LogP contribution is -2.02. The Balaban J connectivity index is 2.67. The van der Waals surface area contributed by atoms with Crippen molar-refractivity contribution in [3.8, 4) is 0 Å². The summed E-state index contributed by atoms with van der Waals surface area (Å²) in [4.78, 5) is 11.7. The number of benzene rings is 1. The second kappa shape index (κ2) is 4.04. The van der Waals surface area contributed by atoms with Crippen LogP contribution in [0.2, 0.25) is 5.02 Å². The minimum absolute atomic E-state index is 0.106. The molecular formula is C11H9ClO3. The Morgan fingerprint density at radius 3 is 2.93 bits per heavy atom. The Hall–Kier alpha value is -1.32. The first kappa shape index (κ1) is 10.2. The molecule has 0 radical (unpaired) electrons. The summed E-state index contributed by atoms with van der Waals surface area (Å²) in [5.74, 6) is 0.511. The number of fused-ring (bicyclic) bond motifs is 1. The topological polar surface area (TPSA) is 39.4 Å². The molecule has 0 spiro atoms. The van der Waals surface area contributed by atoms with Crippen LogP contribution in [0, 0.1) is 0 Å². The first-order valence-electron chi connectivity index (χ1n) is 4.42. The van der Waals surface area contributed by atoms with Gasteiger partial charge in [0.25, 0.3) is 0 Å². The maximum Gasteiger partial charge on any atom is 0.193 e. The van der Waals surface area contributed by atoms with E-state index >= 15 is 0 Å². The van der Waals surface area contributed by atoms with Gasteiger partial charge in [0.05, 0.1) is 5.39 Å². The Morgan fingerprint density at radius 2 is 2.20 bits per heavy atom. The average molecular weight is 225 g/mol. The third kappa shape index (κ3) is 2.03. The molecule has 0 bridgehead atoms. The molecule has 3 nitrogen and oxygen atoms in total. The zero-order valence-electron chi connectivity index (χ0n) is 8.12. The summed E-state index contributed by atoms with van der Waals surface area (Å²) in [5, 5.41) is 1.01. The van der Waals surface area contributed by atoms with Crippen molar-refractivity contribution >= 4 is 22.6 Å². The molecule has 0 atom stereocenters. The van der Waals surface area contributed by atoms with Gasteiger partial charge in [-0.05, 0) is 18.2 Å². The van der Waals surface area contributed by atoms with Crippen molar-refractivity contribution in [3.05, 3.63) is 45.3 Å². The van der Waals surface area contributed by atoms with Gasteiger partial charge >= 0.3 is 0 Å². The van der Waals surface area contributed by atoms with Gasteiger partial charge in [0.15, 0.2) is 5.43 Å². The lowest BCUT2D eigenvalue weighted by atomic mass is 10.2. The summed E-state index contributed by atoms with van der Waals surface area (Å²) in [5.41, 5.74) is 0.421. The van der Waals surface area contributed by atoms with E-state index in [0.29, 0.717) is 21.8 Å². The van der Waals surface area contributed by atoms with Crippen LogP contribution in [0.25, 0.3) is 11.0 Å². The quantitative estimate of drug-likeness (QED) is 0.787. The zero-order valence-corrected chi connectivity index (χ0v) is 8.88. The summed E-state index contributed by atoms with van der Waals surface area (Å²) < 4.78 is 10.4. The second-order valence-corrected chi connectivity index (χ2v) is 3.59. The first-order chi connectivity index (χ1) is 7.20. The summed E-state index contributed by atoms with van der Waals surface area (Å²) in [6, 6.07) is 6.38. The van der Waals surface area contributed by atoms with E-state index in [1.165, 1.54) is 6.07 Å². The third-order valence-electron chi connectivity index (χ3n) is 2.03. The molecule has 1 aromatic heterocycles. The molecule has 15 heavy (non-hydrogen) atoms. The van der Waals surface area contributed by atoms with Gasteiger partial charge in [-0.3, -0.25) is 4.79 Å². The van der Waals surface area contributed by atoms with E-state index in [0.717, 1.165) is 0 Å². The largest absolute Gasteiger partial charge is 0.458 e. The molecule has 0 aliphatic rings. The highest BCUT2D eigenvalue weighted by Crippen LogP contribution is 2.17. The van der Waals surface area contributed by atoms with Crippen LogP contribution in [0.4, 0.5) is 0 Å². The minimum atomic E-state index is -0.106. The van der Waals surface area contributed by atoms with E-state index < -0.39 is 0 Å². The SMILES string of the molecule is COCc1cc(=O)c2cc(Cl)ccc2o1. The van der Waals surface area contributed by atoms with Crippen LogP contribution in [0.15, 0.2) is 33.5 Å². The van der Waals surface area contributed by atoms with Crippen molar-refractivity contribution < 1.29 is 9.15 Å². The number of ether oxygens (including phenoxy) is 1. The van der Waals surface area contributed by atoms with E-state index in [1.807, 2.05) is 0 Å². The molecular weight excluding hydrogens is 216 g/mol. The minimum Gasteiger partial charge on any atom is -0.458 e. The maximum absolute atomic E-state index is 11.7. The molecule has 0 aliphatic heterocycles. The van der Waals surface area contributed by atoms with E-state index in [-0.39, 0.29) is 12.0 Å². The van der Waals surface area contributed by atoms with Gasteiger partial charge in [0.2, 0.25) is 0 Å². The highest BCUT2D eigenvalue weighted by molar-refractivity contribution is 6.31. The summed E-state index contributed by atoms with van der Waals surface area (Å²) in [7, 11) is 1.55. The summed E-state index contributed by atoms with van der Waals surface area (Å²) in [6.45, 7) is 0.286.